The van der Waals surface area contributed by atoms with E-state index < -0.39 is 6.29 Å². The largest absolute Gasteiger partial charge is 0.368 e. The third-order valence-corrected chi connectivity index (χ3v) is 10.6. The summed E-state index contributed by atoms with van der Waals surface area (Å²) in [6, 6.07) is 0. The van der Waals surface area contributed by atoms with Gasteiger partial charge in [-0.15, -0.1) is 0 Å². The smallest absolute Gasteiger partial charge is 0.152 e. The van der Waals surface area contributed by atoms with Crippen LogP contribution < -0.4 is 0 Å². The van der Waals surface area contributed by atoms with Crippen molar-refractivity contribution in [2.24, 2.45) is 40.4 Å². The van der Waals surface area contributed by atoms with Gasteiger partial charge in [0.2, 0.25) is 0 Å². The average molecular weight is 441 g/mol. The molecule has 178 valence electrons. The van der Waals surface area contributed by atoms with Crippen LogP contribution in [0.2, 0.25) is 0 Å². The van der Waals surface area contributed by atoms with E-state index in [1.807, 2.05) is 6.20 Å². The van der Waals surface area contributed by atoms with Gasteiger partial charge in [-0.2, -0.15) is 5.10 Å². The molecule has 0 bridgehead atoms. The first kappa shape index (κ1) is 22.7. The number of fused-ring (bicyclic) bond motifs is 5. The first-order valence-corrected chi connectivity index (χ1v) is 13.2. The minimum absolute atomic E-state index is 0.253. The standard InChI is InChI=1S/C28H44N2O2/c1-18-15-29-30(16-18)17-19(2)24-8-9-25-23-7-6-21-14-22(32-20(3)31)10-12-27(21,4)26(23)11-13-28(24,25)5/h15-16,20-26,31H,2,6-14,17H2,1,3-5H3. The van der Waals surface area contributed by atoms with E-state index in [4.69, 9.17) is 4.74 Å². The van der Waals surface area contributed by atoms with Crippen LogP contribution >= 0.6 is 0 Å². The Morgan fingerprint density at radius 3 is 2.62 bits per heavy atom. The van der Waals surface area contributed by atoms with E-state index in [1.54, 1.807) is 6.92 Å². The molecule has 4 heteroatoms. The molecule has 0 radical (unpaired) electrons. The lowest BCUT2D eigenvalue weighted by Crippen LogP contribution is -2.54. The van der Waals surface area contributed by atoms with Crippen molar-refractivity contribution in [2.75, 3.05) is 0 Å². The van der Waals surface area contributed by atoms with Gasteiger partial charge in [0.1, 0.15) is 0 Å². The van der Waals surface area contributed by atoms with Gasteiger partial charge >= 0.3 is 0 Å². The van der Waals surface area contributed by atoms with E-state index >= 15 is 0 Å². The zero-order chi connectivity index (χ0) is 22.7. The van der Waals surface area contributed by atoms with Crippen LogP contribution in [0.3, 0.4) is 0 Å². The lowest BCUT2D eigenvalue weighted by molar-refractivity contribution is -0.174. The Hall–Kier alpha value is -1.13. The highest BCUT2D eigenvalue weighted by Gasteiger charge is 2.60. The quantitative estimate of drug-likeness (QED) is 0.442. The Labute approximate surface area is 194 Å². The van der Waals surface area contributed by atoms with Gasteiger partial charge < -0.3 is 9.84 Å². The molecule has 0 aromatic carbocycles. The molecule has 0 spiro atoms. The van der Waals surface area contributed by atoms with Gasteiger partial charge in [-0.1, -0.05) is 26.0 Å². The minimum Gasteiger partial charge on any atom is -0.368 e. The van der Waals surface area contributed by atoms with E-state index in [2.05, 4.69) is 43.3 Å². The highest BCUT2D eigenvalue weighted by molar-refractivity contribution is 5.17. The van der Waals surface area contributed by atoms with Crippen molar-refractivity contribution in [3.05, 3.63) is 30.1 Å². The van der Waals surface area contributed by atoms with Crippen molar-refractivity contribution in [1.29, 1.82) is 0 Å². The second-order valence-corrected chi connectivity index (χ2v) is 12.3. The maximum atomic E-state index is 9.71. The van der Waals surface area contributed by atoms with Crippen LogP contribution in [0, 0.1) is 47.3 Å². The van der Waals surface area contributed by atoms with E-state index in [9.17, 15) is 5.11 Å². The van der Waals surface area contributed by atoms with Crippen LogP contribution in [-0.4, -0.2) is 27.3 Å². The molecule has 0 aliphatic heterocycles. The summed E-state index contributed by atoms with van der Waals surface area (Å²) in [6.45, 7) is 14.6. The molecule has 4 fully saturated rings. The van der Waals surface area contributed by atoms with Gasteiger partial charge in [0.05, 0.1) is 18.8 Å². The molecule has 4 aliphatic rings. The van der Waals surface area contributed by atoms with E-state index in [0.717, 1.165) is 43.1 Å². The number of nitrogens with zero attached hydrogens (tertiary/aromatic N) is 2. The molecule has 1 aromatic rings. The fourth-order valence-electron chi connectivity index (χ4n) is 9.16. The number of ether oxygens (including phenoxy) is 1. The zero-order valence-corrected chi connectivity index (χ0v) is 20.7. The molecule has 0 amide bonds. The second kappa shape index (κ2) is 8.27. The molecule has 5 rings (SSSR count). The third-order valence-electron chi connectivity index (χ3n) is 10.6. The van der Waals surface area contributed by atoms with Crippen molar-refractivity contribution >= 4 is 0 Å². The molecule has 4 aliphatic carbocycles. The maximum absolute atomic E-state index is 9.71. The number of aliphatic hydroxyl groups excluding tert-OH is 1. The number of rotatable bonds is 5. The van der Waals surface area contributed by atoms with Gasteiger partial charge in [0.15, 0.2) is 6.29 Å². The van der Waals surface area contributed by atoms with Gasteiger partial charge in [-0.05, 0) is 118 Å². The van der Waals surface area contributed by atoms with Crippen LogP contribution in [0.4, 0.5) is 0 Å². The summed E-state index contributed by atoms with van der Waals surface area (Å²) in [5.41, 5.74) is 3.50. The van der Waals surface area contributed by atoms with Crippen molar-refractivity contribution in [2.45, 2.75) is 104 Å². The molecule has 0 saturated heterocycles. The van der Waals surface area contributed by atoms with E-state index in [1.165, 1.54) is 56.1 Å². The number of hydrogen-bond donors (Lipinski definition) is 1. The van der Waals surface area contributed by atoms with Crippen molar-refractivity contribution < 1.29 is 9.84 Å². The molecular weight excluding hydrogens is 396 g/mol. The molecule has 1 N–H and O–H groups in total. The summed E-state index contributed by atoms with van der Waals surface area (Å²) in [5, 5.41) is 14.2. The summed E-state index contributed by atoms with van der Waals surface area (Å²) in [5.74, 6) is 4.01. The number of allylic oxidation sites excluding steroid dienone is 1. The van der Waals surface area contributed by atoms with E-state index in [0.29, 0.717) is 16.7 Å². The lowest BCUT2D eigenvalue weighted by Gasteiger charge is -2.61. The second-order valence-electron chi connectivity index (χ2n) is 12.3. The predicted octanol–water partition coefficient (Wildman–Crippen LogP) is 6.13. The zero-order valence-electron chi connectivity index (χ0n) is 20.7. The topological polar surface area (TPSA) is 47.3 Å². The number of aryl methyl sites for hydroxylation is 1. The number of hydrogen-bond acceptors (Lipinski definition) is 3. The normalized spacial score (nSPS) is 44.4. The summed E-state index contributed by atoms with van der Waals surface area (Å²) in [6.07, 6.45) is 15.4. The third kappa shape index (κ3) is 3.70. The molecule has 1 aromatic heterocycles. The van der Waals surface area contributed by atoms with Crippen molar-refractivity contribution in [1.82, 2.24) is 9.78 Å². The van der Waals surface area contributed by atoms with Gasteiger partial charge in [-0.3, -0.25) is 4.68 Å². The summed E-state index contributed by atoms with van der Waals surface area (Å²) < 4.78 is 7.92. The Kier molecular flexibility index (Phi) is 5.85. The number of aromatic nitrogens is 2. The average Bonchev–Trinajstić information content (AvgIpc) is 3.30. The molecule has 4 nitrogen and oxygen atoms in total. The van der Waals surface area contributed by atoms with Gasteiger partial charge in [0.25, 0.3) is 0 Å². The highest BCUT2D eigenvalue weighted by Crippen LogP contribution is 2.68. The minimum atomic E-state index is -0.634. The summed E-state index contributed by atoms with van der Waals surface area (Å²) in [7, 11) is 0. The van der Waals surface area contributed by atoms with Crippen LogP contribution in [0.1, 0.15) is 84.1 Å². The van der Waals surface area contributed by atoms with Crippen LogP contribution in [0.5, 0.6) is 0 Å². The number of aliphatic hydroxyl groups is 1. The molecule has 1 heterocycles. The summed E-state index contributed by atoms with van der Waals surface area (Å²) in [4.78, 5) is 0. The maximum Gasteiger partial charge on any atom is 0.152 e. The fourth-order valence-corrected chi connectivity index (χ4v) is 9.16. The highest BCUT2D eigenvalue weighted by atomic mass is 16.6. The van der Waals surface area contributed by atoms with Crippen molar-refractivity contribution in [3.63, 3.8) is 0 Å². The van der Waals surface area contributed by atoms with Gasteiger partial charge in [0, 0.05) is 6.20 Å². The monoisotopic (exact) mass is 440 g/mol. The molecular formula is C28H44N2O2. The first-order chi connectivity index (χ1) is 15.2. The SMILES string of the molecule is C=C(Cn1cc(C)cn1)C1CCC2C3CCC4CC(OC(C)O)CCC4(C)C3CCC12C. The Morgan fingerprint density at radius 2 is 1.91 bits per heavy atom. The Bertz CT molecular complexity index is 846. The lowest BCUT2D eigenvalue weighted by atomic mass is 9.44. The van der Waals surface area contributed by atoms with Crippen LogP contribution in [-0.2, 0) is 11.3 Å². The van der Waals surface area contributed by atoms with E-state index in [-0.39, 0.29) is 6.10 Å². The fraction of sp³-hybridized carbons (Fsp3) is 0.821. The van der Waals surface area contributed by atoms with Gasteiger partial charge in [-0.25, -0.2) is 0 Å². The van der Waals surface area contributed by atoms with Crippen LogP contribution in [0.25, 0.3) is 0 Å². The van der Waals surface area contributed by atoms with Crippen molar-refractivity contribution in [3.8, 4) is 0 Å². The molecule has 4 saturated carbocycles. The van der Waals surface area contributed by atoms with Crippen LogP contribution in [0.15, 0.2) is 24.5 Å². The Balaban J connectivity index is 1.30. The molecule has 9 unspecified atom stereocenters. The predicted molar refractivity (Wildman–Crippen MR) is 128 cm³/mol. The first-order valence-electron chi connectivity index (χ1n) is 13.2. The summed E-state index contributed by atoms with van der Waals surface area (Å²) >= 11 is 0. The molecule has 9 atom stereocenters. The Morgan fingerprint density at radius 1 is 1.16 bits per heavy atom. The molecule has 32 heavy (non-hydrogen) atoms.